The van der Waals surface area contributed by atoms with E-state index in [-0.39, 0.29) is 23.7 Å². The van der Waals surface area contributed by atoms with Crippen LogP contribution in [0, 0.1) is 17.0 Å². The fraction of sp³-hybridized carbons (Fsp3) is 0.200. The Balaban J connectivity index is 1.42. The third-order valence-electron chi connectivity index (χ3n) is 4.80. The van der Waals surface area contributed by atoms with Crippen LogP contribution in [0.5, 0.6) is 0 Å². The number of fused-ring (bicyclic) bond motifs is 1. The van der Waals surface area contributed by atoms with Crippen molar-refractivity contribution in [2.45, 2.75) is 20.0 Å². The molecule has 0 aliphatic carbocycles. The number of furan rings is 1. The maximum absolute atomic E-state index is 12.5. The largest absolute Gasteiger partial charge is 0.467 e. The van der Waals surface area contributed by atoms with Crippen LogP contribution in [0.15, 0.2) is 53.5 Å². The Morgan fingerprint density at radius 1 is 1.26 bits per heavy atom. The Bertz CT molecular complexity index is 1230. The second-order valence-electron chi connectivity index (χ2n) is 6.72. The molecule has 0 aliphatic rings. The number of hydrogen-bond donors (Lipinski definition) is 2. The first-order chi connectivity index (χ1) is 15.0. The van der Waals surface area contributed by atoms with Gasteiger partial charge in [0.15, 0.2) is 5.65 Å². The molecule has 0 fully saturated rings. The fourth-order valence-corrected chi connectivity index (χ4v) is 3.22. The highest BCUT2D eigenvalue weighted by Crippen LogP contribution is 2.21. The molecule has 0 aliphatic heterocycles. The normalized spacial score (nSPS) is 10.9. The number of nitro benzene ring substituents is 1. The molecule has 1 amide bonds. The van der Waals surface area contributed by atoms with Gasteiger partial charge in [0.1, 0.15) is 17.9 Å². The zero-order valence-electron chi connectivity index (χ0n) is 16.6. The Hall–Kier alpha value is -4.28. The van der Waals surface area contributed by atoms with E-state index in [1.807, 2.05) is 12.1 Å². The van der Waals surface area contributed by atoms with Gasteiger partial charge < -0.3 is 15.1 Å². The summed E-state index contributed by atoms with van der Waals surface area (Å²) in [6.45, 7) is 2.68. The molecule has 4 rings (SSSR count). The molecule has 0 spiro atoms. The van der Waals surface area contributed by atoms with Crippen LogP contribution in [0.1, 0.15) is 21.7 Å². The van der Waals surface area contributed by atoms with Gasteiger partial charge in [-0.1, -0.05) is 6.07 Å². The minimum atomic E-state index is -0.501. The molecule has 3 heterocycles. The zero-order chi connectivity index (χ0) is 21.8. The number of nitrogens with one attached hydrogen (secondary N) is 2. The number of nitrogens with zero attached hydrogens (tertiary/aromatic N) is 5. The first-order valence-electron chi connectivity index (χ1n) is 9.49. The smallest absolute Gasteiger partial charge is 0.273 e. The lowest BCUT2D eigenvalue weighted by molar-refractivity contribution is -0.385. The van der Waals surface area contributed by atoms with Crippen LogP contribution in [0.4, 0.5) is 11.5 Å². The molecule has 31 heavy (non-hydrogen) atoms. The fourth-order valence-electron chi connectivity index (χ4n) is 3.22. The van der Waals surface area contributed by atoms with Crippen molar-refractivity contribution >= 4 is 28.4 Å². The van der Waals surface area contributed by atoms with Crippen LogP contribution < -0.4 is 10.6 Å². The number of benzene rings is 1. The van der Waals surface area contributed by atoms with Crippen LogP contribution in [0.3, 0.4) is 0 Å². The van der Waals surface area contributed by atoms with E-state index < -0.39 is 4.92 Å². The lowest BCUT2D eigenvalue weighted by Crippen LogP contribution is -2.28. The number of amides is 1. The Morgan fingerprint density at radius 3 is 2.90 bits per heavy atom. The van der Waals surface area contributed by atoms with Gasteiger partial charge in [-0.05, 0) is 25.1 Å². The molecule has 2 N–H and O–H groups in total. The van der Waals surface area contributed by atoms with Gasteiger partial charge in [-0.2, -0.15) is 5.10 Å². The molecule has 0 saturated heterocycles. The molecule has 4 aromatic rings. The van der Waals surface area contributed by atoms with E-state index in [0.29, 0.717) is 30.1 Å². The molecule has 0 atom stereocenters. The lowest BCUT2D eigenvalue weighted by Gasteiger charge is -2.09. The summed E-state index contributed by atoms with van der Waals surface area (Å²) in [5.74, 6) is 1.02. The molecular weight excluding hydrogens is 402 g/mol. The first kappa shape index (κ1) is 20.0. The van der Waals surface area contributed by atoms with Gasteiger partial charge in [0.25, 0.3) is 11.6 Å². The highest BCUT2D eigenvalue weighted by molar-refractivity contribution is 5.96. The average molecular weight is 421 g/mol. The van der Waals surface area contributed by atoms with Crippen molar-refractivity contribution in [2.24, 2.45) is 0 Å². The summed E-state index contributed by atoms with van der Waals surface area (Å²) in [4.78, 5) is 31.6. The van der Waals surface area contributed by atoms with Crippen LogP contribution in [0.2, 0.25) is 0 Å². The van der Waals surface area contributed by atoms with Crippen molar-refractivity contribution in [2.75, 3.05) is 11.9 Å². The van der Waals surface area contributed by atoms with Gasteiger partial charge in [0.2, 0.25) is 0 Å². The molecule has 3 aromatic heterocycles. The molecule has 0 bridgehead atoms. The number of rotatable bonds is 8. The van der Waals surface area contributed by atoms with E-state index >= 15 is 0 Å². The first-order valence-corrected chi connectivity index (χ1v) is 9.49. The molecule has 1 aromatic carbocycles. The van der Waals surface area contributed by atoms with Crippen molar-refractivity contribution in [1.82, 2.24) is 25.1 Å². The minimum absolute atomic E-state index is 0.0861. The SMILES string of the molecule is Cc1c(C(=O)NCCn2ncc3c(NCc4ccco4)ncnc32)cccc1[N+](=O)[O-]. The molecule has 11 heteroatoms. The lowest BCUT2D eigenvalue weighted by atomic mass is 10.1. The van der Waals surface area contributed by atoms with Gasteiger partial charge in [-0.15, -0.1) is 0 Å². The average Bonchev–Trinajstić information content (AvgIpc) is 3.42. The summed E-state index contributed by atoms with van der Waals surface area (Å²) in [6, 6.07) is 8.11. The summed E-state index contributed by atoms with van der Waals surface area (Å²) >= 11 is 0. The number of anilines is 1. The van der Waals surface area contributed by atoms with E-state index in [4.69, 9.17) is 4.42 Å². The van der Waals surface area contributed by atoms with E-state index in [1.54, 1.807) is 30.1 Å². The maximum Gasteiger partial charge on any atom is 0.273 e. The summed E-state index contributed by atoms with van der Waals surface area (Å²) in [5.41, 5.74) is 1.13. The zero-order valence-corrected chi connectivity index (χ0v) is 16.6. The van der Waals surface area contributed by atoms with E-state index in [9.17, 15) is 14.9 Å². The second-order valence-corrected chi connectivity index (χ2v) is 6.72. The van der Waals surface area contributed by atoms with Gasteiger partial charge in [0.05, 0.1) is 35.9 Å². The number of nitro groups is 1. The van der Waals surface area contributed by atoms with Crippen LogP contribution >= 0.6 is 0 Å². The Labute approximate surface area is 176 Å². The monoisotopic (exact) mass is 421 g/mol. The van der Waals surface area contributed by atoms with Crippen molar-refractivity contribution in [3.8, 4) is 0 Å². The van der Waals surface area contributed by atoms with E-state index in [1.165, 1.54) is 18.5 Å². The number of hydrogen-bond acceptors (Lipinski definition) is 8. The molecular formula is C20H19N7O4. The molecule has 0 radical (unpaired) electrons. The summed E-state index contributed by atoms with van der Waals surface area (Å²) in [5, 5.41) is 22.1. The molecule has 0 unspecified atom stereocenters. The van der Waals surface area contributed by atoms with Gasteiger partial charge in [0, 0.05) is 23.7 Å². The summed E-state index contributed by atoms with van der Waals surface area (Å²) in [6.07, 6.45) is 4.70. The van der Waals surface area contributed by atoms with Crippen LogP contribution in [0.25, 0.3) is 11.0 Å². The van der Waals surface area contributed by atoms with Crippen molar-refractivity contribution < 1.29 is 14.1 Å². The predicted octanol–water partition coefficient (Wildman–Crippen LogP) is 2.68. The topological polar surface area (TPSA) is 141 Å². The van der Waals surface area contributed by atoms with Gasteiger partial charge >= 0.3 is 0 Å². The highest BCUT2D eigenvalue weighted by atomic mass is 16.6. The van der Waals surface area contributed by atoms with Crippen molar-refractivity contribution in [3.05, 3.63) is 76.1 Å². The standard InChI is InChI=1S/C20H19N7O4/c1-13-15(5-2-6-17(13)27(29)30)20(28)21-7-8-26-19-16(11-25-26)18(23-12-24-19)22-10-14-4-3-9-31-14/h2-6,9,11-12H,7-8,10H2,1H3,(H,21,28)(H,22,23,24). The Morgan fingerprint density at radius 2 is 2.13 bits per heavy atom. The molecule has 158 valence electrons. The third kappa shape index (κ3) is 4.20. The van der Waals surface area contributed by atoms with Gasteiger partial charge in [-0.25, -0.2) is 14.6 Å². The predicted molar refractivity (Wildman–Crippen MR) is 112 cm³/mol. The number of carbonyl (C=O) groups is 1. The summed E-state index contributed by atoms with van der Waals surface area (Å²) < 4.78 is 6.97. The van der Waals surface area contributed by atoms with Crippen molar-refractivity contribution in [3.63, 3.8) is 0 Å². The van der Waals surface area contributed by atoms with Gasteiger partial charge in [-0.3, -0.25) is 14.9 Å². The maximum atomic E-state index is 12.5. The van der Waals surface area contributed by atoms with Crippen LogP contribution in [-0.4, -0.2) is 37.1 Å². The van der Waals surface area contributed by atoms with E-state index in [0.717, 1.165) is 11.1 Å². The number of aromatic nitrogens is 4. The molecule has 0 saturated carbocycles. The number of carbonyl (C=O) groups excluding carboxylic acids is 1. The van der Waals surface area contributed by atoms with Crippen LogP contribution in [-0.2, 0) is 13.1 Å². The minimum Gasteiger partial charge on any atom is -0.467 e. The summed E-state index contributed by atoms with van der Waals surface area (Å²) in [7, 11) is 0. The third-order valence-corrected chi connectivity index (χ3v) is 4.80. The Kier molecular flexibility index (Phi) is 5.56. The quantitative estimate of drug-likeness (QED) is 0.327. The molecule has 11 nitrogen and oxygen atoms in total. The highest BCUT2D eigenvalue weighted by Gasteiger charge is 2.18. The second kappa shape index (κ2) is 8.61. The van der Waals surface area contributed by atoms with E-state index in [2.05, 4.69) is 25.7 Å². The van der Waals surface area contributed by atoms with Crippen molar-refractivity contribution in [1.29, 1.82) is 0 Å².